The van der Waals surface area contributed by atoms with Gasteiger partial charge in [-0.2, -0.15) is 0 Å². The molecule has 0 fully saturated rings. The first-order valence-corrected chi connectivity index (χ1v) is 8.78. The molecule has 0 bridgehead atoms. The van der Waals surface area contributed by atoms with E-state index in [9.17, 15) is 14.4 Å². The van der Waals surface area contributed by atoms with Gasteiger partial charge in [0.1, 0.15) is 0 Å². The maximum absolute atomic E-state index is 12.1. The predicted molar refractivity (Wildman–Crippen MR) is 94.0 cm³/mol. The van der Waals surface area contributed by atoms with Crippen molar-refractivity contribution in [3.8, 4) is 0 Å². The maximum atomic E-state index is 12.1. The van der Waals surface area contributed by atoms with Crippen LogP contribution in [0.15, 0.2) is 34.2 Å². The zero-order valence-corrected chi connectivity index (χ0v) is 14.4. The van der Waals surface area contributed by atoms with Crippen molar-refractivity contribution in [3.63, 3.8) is 0 Å². The number of aromatic amines is 1. The van der Waals surface area contributed by atoms with E-state index in [1.165, 1.54) is 18.9 Å². The Balaban J connectivity index is 1.61. The molecule has 1 aliphatic carbocycles. The van der Waals surface area contributed by atoms with Crippen LogP contribution < -0.4 is 10.9 Å². The third-order valence-electron chi connectivity index (χ3n) is 3.83. The fourth-order valence-corrected chi connectivity index (χ4v) is 3.34. The first-order valence-electron chi connectivity index (χ1n) is 7.80. The number of anilines is 1. The molecular formula is C17H17N3O4S. The fraction of sp³-hybridized carbons (Fsp3) is 0.294. The fourth-order valence-electron chi connectivity index (χ4n) is 2.66. The van der Waals surface area contributed by atoms with E-state index < -0.39 is 5.97 Å². The lowest BCUT2D eigenvalue weighted by Crippen LogP contribution is -2.17. The Morgan fingerprint density at radius 3 is 3.00 bits per heavy atom. The van der Waals surface area contributed by atoms with E-state index in [0.29, 0.717) is 16.4 Å². The number of nitrogens with zero attached hydrogens (tertiary/aromatic N) is 1. The van der Waals surface area contributed by atoms with E-state index in [2.05, 4.69) is 20.0 Å². The van der Waals surface area contributed by atoms with Crippen LogP contribution in [0.2, 0.25) is 0 Å². The number of aryl methyl sites for hydroxylation is 1. The predicted octanol–water partition coefficient (Wildman–Crippen LogP) is 1.78. The third-order valence-corrected chi connectivity index (χ3v) is 4.70. The topological polar surface area (TPSA) is 101 Å². The highest BCUT2D eigenvalue weighted by Gasteiger charge is 2.17. The van der Waals surface area contributed by atoms with Crippen LogP contribution in [-0.2, 0) is 22.4 Å². The van der Waals surface area contributed by atoms with Crippen molar-refractivity contribution in [3.05, 3.63) is 51.4 Å². The Morgan fingerprint density at radius 2 is 2.20 bits per heavy atom. The van der Waals surface area contributed by atoms with Crippen molar-refractivity contribution < 1.29 is 14.3 Å². The summed E-state index contributed by atoms with van der Waals surface area (Å²) >= 11 is 1.17. The summed E-state index contributed by atoms with van der Waals surface area (Å²) in [5.41, 5.74) is 2.34. The van der Waals surface area contributed by atoms with Gasteiger partial charge in [0.15, 0.2) is 5.16 Å². The summed E-state index contributed by atoms with van der Waals surface area (Å²) in [6.07, 6.45) is 2.51. The molecule has 1 aromatic carbocycles. The SMILES string of the molecule is COC(=O)c1cccc(NC(=O)CSc2nc3c(c(=O)[nH]2)CCC3)c1. The maximum Gasteiger partial charge on any atom is 0.337 e. The second-order valence-corrected chi connectivity index (χ2v) is 6.52. The Labute approximate surface area is 148 Å². The number of hydrogen-bond donors (Lipinski definition) is 2. The molecule has 0 aliphatic heterocycles. The lowest BCUT2D eigenvalue weighted by atomic mass is 10.2. The number of amides is 1. The van der Waals surface area contributed by atoms with Gasteiger partial charge in [-0.25, -0.2) is 9.78 Å². The van der Waals surface area contributed by atoms with Gasteiger partial charge < -0.3 is 15.0 Å². The van der Waals surface area contributed by atoms with Crippen LogP contribution >= 0.6 is 11.8 Å². The van der Waals surface area contributed by atoms with Crippen molar-refractivity contribution in [2.45, 2.75) is 24.4 Å². The molecule has 1 heterocycles. The summed E-state index contributed by atoms with van der Waals surface area (Å²) in [5, 5.41) is 3.16. The van der Waals surface area contributed by atoms with Gasteiger partial charge in [-0.3, -0.25) is 9.59 Å². The van der Waals surface area contributed by atoms with Crippen LogP contribution in [0.3, 0.4) is 0 Å². The van der Waals surface area contributed by atoms with Gasteiger partial charge >= 0.3 is 5.97 Å². The van der Waals surface area contributed by atoms with Gasteiger partial charge in [0, 0.05) is 11.3 Å². The minimum absolute atomic E-state index is 0.101. The smallest absolute Gasteiger partial charge is 0.337 e. The quantitative estimate of drug-likeness (QED) is 0.479. The molecule has 25 heavy (non-hydrogen) atoms. The largest absolute Gasteiger partial charge is 0.465 e. The van der Waals surface area contributed by atoms with Crippen LogP contribution in [0.1, 0.15) is 28.0 Å². The number of carbonyl (C=O) groups is 2. The highest BCUT2D eigenvalue weighted by atomic mass is 32.2. The summed E-state index contributed by atoms with van der Waals surface area (Å²) in [7, 11) is 1.30. The number of nitrogens with one attached hydrogen (secondary N) is 2. The highest BCUT2D eigenvalue weighted by Crippen LogP contribution is 2.20. The monoisotopic (exact) mass is 359 g/mol. The molecular weight excluding hydrogens is 342 g/mol. The average molecular weight is 359 g/mol. The molecule has 3 rings (SSSR count). The van der Waals surface area contributed by atoms with Gasteiger partial charge in [0.05, 0.1) is 24.1 Å². The Kier molecular flexibility index (Phi) is 5.18. The van der Waals surface area contributed by atoms with E-state index in [1.807, 2.05) is 0 Å². The standard InChI is InChI=1S/C17H17N3O4S/c1-24-16(23)10-4-2-5-11(8-10)18-14(21)9-25-17-19-13-7-3-6-12(13)15(22)20-17/h2,4-5,8H,3,6-7,9H2,1H3,(H,18,21)(H,19,20,22). The van der Waals surface area contributed by atoms with Crippen LogP contribution in [-0.4, -0.2) is 34.7 Å². The number of thioether (sulfide) groups is 1. The van der Waals surface area contributed by atoms with Crippen molar-refractivity contribution in [2.24, 2.45) is 0 Å². The van der Waals surface area contributed by atoms with E-state index in [4.69, 9.17) is 0 Å². The molecule has 0 saturated heterocycles. The molecule has 2 N–H and O–H groups in total. The number of hydrogen-bond acceptors (Lipinski definition) is 6. The van der Waals surface area contributed by atoms with Gasteiger partial charge in [0.2, 0.25) is 5.91 Å². The van der Waals surface area contributed by atoms with Gasteiger partial charge in [-0.15, -0.1) is 0 Å². The number of esters is 1. The van der Waals surface area contributed by atoms with E-state index in [-0.39, 0.29) is 17.2 Å². The van der Waals surface area contributed by atoms with Gasteiger partial charge in [0.25, 0.3) is 5.56 Å². The number of ether oxygens (including phenoxy) is 1. The summed E-state index contributed by atoms with van der Waals surface area (Å²) < 4.78 is 4.65. The number of aromatic nitrogens is 2. The molecule has 1 aromatic heterocycles. The number of methoxy groups -OCH3 is 1. The molecule has 0 saturated carbocycles. The van der Waals surface area contributed by atoms with Crippen molar-refractivity contribution >= 4 is 29.3 Å². The Bertz CT molecular complexity index is 878. The van der Waals surface area contributed by atoms with E-state index in [0.717, 1.165) is 30.5 Å². The normalized spacial score (nSPS) is 12.5. The van der Waals surface area contributed by atoms with Gasteiger partial charge in [-0.05, 0) is 37.5 Å². The number of H-pyrrole nitrogens is 1. The van der Waals surface area contributed by atoms with E-state index in [1.54, 1.807) is 24.3 Å². The molecule has 7 nitrogen and oxygen atoms in total. The summed E-state index contributed by atoms with van der Waals surface area (Å²) in [6, 6.07) is 6.50. The molecule has 8 heteroatoms. The molecule has 0 atom stereocenters. The average Bonchev–Trinajstić information content (AvgIpc) is 3.08. The molecule has 130 valence electrons. The second-order valence-electron chi connectivity index (χ2n) is 5.56. The van der Waals surface area contributed by atoms with Crippen molar-refractivity contribution in [1.29, 1.82) is 0 Å². The van der Waals surface area contributed by atoms with Crippen LogP contribution in [0.5, 0.6) is 0 Å². The minimum atomic E-state index is -0.467. The minimum Gasteiger partial charge on any atom is -0.465 e. The molecule has 1 aliphatic rings. The van der Waals surface area contributed by atoms with Crippen molar-refractivity contribution in [2.75, 3.05) is 18.2 Å². The van der Waals surface area contributed by atoms with E-state index >= 15 is 0 Å². The second kappa shape index (κ2) is 7.52. The zero-order valence-electron chi connectivity index (χ0n) is 13.6. The number of rotatable bonds is 5. The molecule has 0 unspecified atom stereocenters. The lowest BCUT2D eigenvalue weighted by molar-refractivity contribution is -0.113. The van der Waals surface area contributed by atoms with Crippen LogP contribution in [0.25, 0.3) is 0 Å². The first kappa shape index (κ1) is 17.2. The molecule has 0 radical (unpaired) electrons. The Morgan fingerprint density at radius 1 is 1.36 bits per heavy atom. The van der Waals surface area contributed by atoms with Crippen molar-refractivity contribution in [1.82, 2.24) is 9.97 Å². The zero-order chi connectivity index (χ0) is 17.8. The number of fused-ring (bicyclic) bond motifs is 1. The summed E-state index contributed by atoms with van der Waals surface area (Å²) in [5.74, 6) is -0.620. The lowest BCUT2D eigenvalue weighted by Gasteiger charge is -2.07. The van der Waals surface area contributed by atoms with Crippen LogP contribution in [0, 0.1) is 0 Å². The molecule has 2 aromatic rings. The third kappa shape index (κ3) is 4.08. The number of benzene rings is 1. The molecule has 1 amide bonds. The highest BCUT2D eigenvalue weighted by molar-refractivity contribution is 7.99. The number of carbonyl (C=O) groups excluding carboxylic acids is 2. The summed E-state index contributed by atoms with van der Waals surface area (Å²) in [4.78, 5) is 42.7. The Hall–Kier alpha value is -2.61. The molecule has 0 spiro atoms. The first-order chi connectivity index (χ1) is 12.1. The van der Waals surface area contributed by atoms with Crippen LogP contribution in [0.4, 0.5) is 5.69 Å². The van der Waals surface area contributed by atoms with Gasteiger partial charge in [-0.1, -0.05) is 17.8 Å². The summed E-state index contributed by atoms with van der Waals surface area (Å²) in [6.45, 7) is 0.